The molecule has 19 heavy (non-hydrogen) atoms. The Kier molecular flexibility index (Phi) is 5.69. The molecule has 0 spiro atoms. The molecule has 1 rings (SSSR count). The third kappa shape index (κ3) is 5.21. The summed E-state index contributed by atoms with van der Waals surface area (Å²) in [4.78, 5) is 16.7. The molecule has 106 valence electrons. The molecule has 0 aliphatic rings. The van der Waals surface area contributed by atoms with Crippen LogP contribution in [0.4, 0.5) is 11.5 Å². The van der Waals surface area contributed by atoms with Gasteiger partial charge >= 0.3 is 5.69 Å². The van der Waals surface area contributed by atoms with Gasteiger partial charge in [0.15, 0.2) is 0 Å². The number of anilines is 1. The summed E-state index contributed by atoms with van der Waals surface area (Å²) in [7, 11) is 3.98. The van der Waals surface area contributed by atoms with E-state index in [0.29, 0.717) is 11.7 Å². The van der Waals surface area contributed by atoms with Crippen molar-refractivity contribution in [2.45, 2.75) is 26.3 Å². The summed E-state index contributed by atoms with van der Waals surface area (Å²) >= 11 is 0. The Morgan fingerprint density at radius 1 is 1.47 bits per heavy atom. The fourth-order valence-corrected chi connectivity index (χ4v) is 2.04. The molecule has 1 heterocycles. The number of nitrogens with zero attached hydrogens (tertiary/aromatic N) is 3. The molecule has 0 aliphatic carbocycles. The third-order valence-corrected chi connectivity index (χ3v) is 2.67. The maximum absolute atomic E-state index is 11.0. The van der Waals surface area contributed by atoms with Crippen LogP contribution < -0.4 is 5.32 Å². The van der Waals surface area contributed by atoms with Gasteiger partial charge in [0.1, 0.15) is 0 Å². The zero-order valence-corrected chi connectivity index (χ0v) is 12.0. The average molecular weight is 266 g/mol. The van der Waals surface area contributed by atoms with Crippen LogP contribution in [0.15, 0.2) is 18.3 Å². The number of hydrogen-bond donors (Lipinski definition) is 1. The van der Waals surface area contributed by atoms with E-state index < -0.39 is 4.92 Å². The van der Waals surface area contributed by atoms with E-state index in [2.05, 4.69) is 29.0 Å². The summed E-state index contributed by atoms with van der Waals surface area (Å²) in [5.41, 5.74) is 0.0232. The van der Waals surface area contributed by atoms with Gasteiger partial charge in [-0.15, -0.1) is 0 Å². The highest BCUT2D eigenvalue weighted by atomic mass is 16.6. The first-order valence-corrected chi connectivity index (χ1v) is 6.40. The first-order valence-electron chi connectivity index (χ1n) is 6.40. The lowest BCUT2D eigenvalue weighted by Gasteiger charge is -2.24. The zero-order valence-electron chi connectivity index (χ0n) is 12.0. The van der Waals surface area contributed by atoms with Gasteiger partial charge in [0.2, 0.25) is 5.82 Å². The van der Waals surface area contributed by atoms with Crippen LogP contribution in [0.25, 0.3) is 0 Å². The third-order valence-electron chi connectivity index (χ3n) is 2.67. The SMILES string of the molecule is CC(C)CC(CN(C)C)Nc1ncccc1[N+](=O)[O-]. The summed E-state index contributed by atoms with van der Waals surface area (Å²) in [6, 6.07) is 3.19. The van der Waals surface area contributed by atoms with Gasteiger partial charge in [-0.05, 0) is 32.5 Å². The molecule has 0 aromatic carbocycles. The first-order chi connectivity index (χ1) is 8.90. The van der Waals surface area contributed by atoms with Crippen molar-refractivity contribution < 1.29 is 4.92 Å². The number of pyridine rings is 1. The summed E-state index contributed by atoms with van der Waals surface area (Å²) in [5.74, 6) is 0.861. The molecular weight excluding hydrogens is 244 g/mol. The fraction of sp³-hybridized carbons (Fsp3) is 0.615. The number of hydrogen-bond acceptors (Lipinski definition) is 5. The molecule has 1 aromatic heterocycles. The molecule has 0 fully saturated rings. The van der Waals surface area contributed by atoms with Gasteiger partial charge in [-0.3, -0.25) is 10.1 Å². The molecule has 0 aliphatic heterocycles. The van der Waals surface area contributed by atoms with Crippen molar-refractivity contribution in [2.75, 3.05) is 26.0 Å². The Morgan fingerprint density at radius 3 is 2.68 bits per heavy atom. The van der Waals surface area contributed by atoms with E-state index in [1.54, 1.807) is 12.3 Å². The van der Waals surface area contributed by atoms with Crippen LogP contribution in [0.2, 0.25) is 0 Å². The Bertz CT molecular complexity index is 411. The van der Waals surface area contributed by atoms with Crippen molar-refractivity contribution in [1.82, 2.24) is 9.88 Å². The minimum absolute atomic E-state index is 0.0232. The van der Waals surface area contributed by atoms with Crippen LogP contribution in [0.5, 0.6) is 0 Å². The molecule has 1 atom stereocenters. The van der Waals surface area contributed by atoms with Crippen molar-refractivity contribution >= 4 is 11.5 Å². The van der Waals surface area contributed by atoms with Gasteiger partial charge in [0, 0.05) is 24.8 Å². The minimum Gasteiger partial charge on any atom is -0.360 e. The van der Waals surface area contributed by atoms with Gasteiger partial charge in [-0.1, -0.05) is 13.8 Å². The monoisotopic (exact) mass is 266 g/mol. The number of nitrogens with one attached hydrogen (secondary N) is 1. The molecule has 1 aromatic rings. The van der Waals surface area contributed by atoms with Crippen molar-refractivity contribution in [1.29, 1.82) is 0 Å². The molecule has 0 saturated carbocycles. The van der Waals surface area contributed by atoms with E-state index in [9.17, 15) is 10.1 Å². The van der Waals surface area contributed by atoms with E-state index in [1.165, 1.54) is 6.07 Å². The normalized spacial score (nSPS) is 12.7. The second-order valence-electron chi connectivity index (χ2n) is 5.36. The number of likely N-dealkylation sites (N-methyl/N-ethyl adjacent to an activating group) is 1. The zero-order chi connectivity index (χ0) is 14.4. The van der Waals surface area contributed by atoms with Crippen LogP contribution in [0.3, 0.4) is 0 Å². The van der Waals surface area contributed by atoms with Crippen molar-refractivity contribution in [3.8, 4) is 0 Å². The van der Waals surface area contributed by atoms with E-state index in [4.69, 9.17) is 0 Å². The van der Waals surface area contributed by atoms with E-state index >= 15 is 0 Å². The second-order valence-corrected chi connectivity index (χ2v) is 5.36. The number of rotatable bonds is 7. The van der Waals surface area contributed by atoms with Crippen LogP contribution in [0, 0.1) is 16.0 Å². The minimum atomic E-state index is -0.405. The van der Waals surface area contributed by atoms with Crippen LogP contribution in [-0.4, -0.2) is 41.5 Å². The maximum Gasteiger partial charge on any atom is 0.311 e. The van der Waals surface area contributed by atoms with Crippen LogP contribution >= 0.6 is 0 Å². The predicted molar refractivity (Wildman–Crippen MR) is 76.3 cm³/mol. The molecular formula is C13H22N4O2. The summed E-state index contributed by atoms with van der Waals surface area (Å²) < 4.78 is 0. The van der Waals surface area contributed by atoms with Crippen LogP contribution in [0.1, 0.15) is 20.3 Å². The fourth-order valence-electron chi connectivity index (χ4n) is 2.04. The summed E-state index contributed by atoms with van der Waals surface area (Å²) in [5, 5.41) is 14.2. The van der Waals surface area contributed by atoms with Crippen molar-refractivity contribution in [2.24, 2.45) is 5.92 Å². The lowest BCUT2D eigenvalue weighted by atomic mass is 10.0. The standard InChI is InChI=1S/C13H22N4O2/c1-10(2)8-11(9-16(3)4)15-13-12(17(18)19)6-5-7-14-13/h5-7,10-11H,8-9H2,1-4H3,(H,14,15). The molecule has 6 nitrogen and oxygen atoms in total. The van der Waals surface area contributed by atoms with Gasteiger partial charge in [-0.2, -0.15) is 0 Å². The first kappa shape index (κ1) is 15.4. The highest BCUT2D eigenvalue weighted by Gasteiger charge is 2.19. The van der Waals surface area contributed by atoms with Crippen molar-refractivity contribution in [3.63, 3.8) is 0 Å². The predicted octanol–water partition coefficient (Wildman–Crippen LogP) is 2.38. The van der Waals surface area contributed by atoms with Gasteiger partial charge < -0.3 is 10.2 Å². The lowest BCUT2D eigenvalue weighted by Crippen LogP contribution is -2.34. The quantitative estimate of drug-likeness (QED) is 0.606. The van der Waals surface area contributed by atoms with Gasteiger partial charge in [0.25, 0.3) is 0 Å². The average Bonchev–Trinajstić information content (AvgIpc) is 2.27. The maximum atomic E-state index is 11.0. The van der Waals surface area contributed by atoms with Gasteiger partial charge in [-0.25, -0.2) is 4.98 Å². The Morgan fingerprint density at radius 2 is 2.16 bits per heavy atom. The van der Waals surface area contributed by atoms with E-state index in [0.717, 1.165) is 13.0 Å². The molecule has 0 bridgehead atoms. The molecule has 6 heteroatoms. The number of aromatic nitrogens is 1. The van der Waals surface area contributed by atoms with Gasteiger partial charge in [0.05, 0.1) is 4.92 Å². The number of nitro groups is 1. The largest absolute Gasteiger partial charge is 0.360 e. The Hall–Kier alpha value is -1.69. The lowest BCUT2D eigenvalue weighted by molar-refractivity contribution is -0.384. The molecule has 0 saturated heterocycles. The van der Waals surface area contributed by atoms with E-state index in [1.807, 2.05) is 14.1 Å². The molecule has 1 unspecified atom stereocenters. The summed E-state index contributed by atoms with van der Waals surface area (Å²) in [6.45, 7) is 5.08. The molecule has 0 amide bonds. The smallest absolute Gasteiger partial charge is 0.311 e. The topological polar surface area (TPSA) is 71.3 Å². The summed E-state index contributed by atoms with van der Waals surface area (Å²) in [6.07, 6.45) is 2.50. The van der Waals surface area contributed by atoms with E-state index in [-0.39, 0.29) is 11.7 Å². The van der Waals surface area contributed by atoms with Crippen molar-refractivity contribution in [3.05, 3.63) is 28.4 Å². The highest BCUT2D eigenvalue weighted by Crippen LogP contribution is 2.22. The van der Waals surface area contributed by atoms with Crippen LogP contribution in [-0.2, 0) is 0 Å². The molecule has 0 radical (unpaired) electrons. The Balaban J connectivity index is 2.86. The second kappa shape index (κ2) is 7.04. The highest BCUT2D eigenvalue weighted by molar-refractivity contribution is 5.55. The Labute approximate surface area is 114 Å². The molecule has 1 N–H and O–H groups in total.